The van der Waals surface area contributed by atoms with Gasteiger partial charge in [-0.3, -0.25) is 9.59 Å². The fourth-order valence-electron chi connectivity index (χ4n) is 2.26. The highest BCUT2D eigenvalue weighted by atomic mass is 16.2. The normalized spacial score (nSPS) is 19.0. The van der Waals surface area contributed by atoms with Gasteiger partial charge in [0.1, 0.15) is 6.17 Å². The summed E-state index contributed by atoms with van der Waals surface area (Å²) in [7, 11) is 0. The van der Waals surface area contributed by atoms with E-state index in [4.69, 9.17) is 0 Å². The van der Waals surface area contributed by atoms with Crippen molar-refractivity contribution in [2.24, 2.45) is 0 Å². The van der Waals surface area contributed by atoms with Crippen LogP contribution in [0.1, 0.15) is 26.3 Å². The fraction of sp³-hybridized carbons (Fsp3) is 0.333. The maximum atomic E-state index is 12.2. The molecule has 1 aliphatic heterocycles. The minimum absolute atomic E-state index is 0.0138. The van der Waals surface area contributed by atoms with Gasteiger partial charge < -0.3 is 10.2 Å². The third-order valence-corrected chi connectivity index (χ3v) is 3.43. The van der Waals surface area contributed by atoms with Crippen molar-refractivity contribution < 1.29 is 9.59 Å². The van der Waals surface area contributed by atoms with Gasteiger partial charge >= 0.3 is 0 Å². The summed E-state index contributed by atoms with van der Waals surface area (Å²) in [5, 5.41) is 2.83. The molecule has 1 aliphatic rings. The predicted molar refractivity (Wildman–Crippen MR) is 73.0 cm³/mol. The molecule has 100 valence electrons. The van der Waals surface area contributed by atoms with Crippen LogP contribution in [0.5, 0.6) is 0 Å². The van der Waals surface area contributed by atoms with Gasteiger partial charge in [0.2, 0.25) is 5.91 Å². The molecule has 1 atom stereocenters. The lowest BCUT2D eigenvalue weighted by molar-refractivity contribution is -0.129. The third-order valence-electron chi connectivity index (χ3n) is 3.43. The van der Waals surface area contributed by atoms with Crippen LogP contribution in [0.3, 0.4) is 0 Å². The summed E-state index contributed by atoms with van der Waals surface area (Å²) in [6.07, 6.45) is -0.329. The molecule has 0 bridgehead atoms. The van der Waals surface area contributed by atoms with E-state index in [1.807, 2.05) is 37.3 Å². The molecule has 0 aliphatic carbocycles. The average molecular weight is 258 g/mol. The summed E-state index contributed by atoms with van der Waals surface area (Å²) in [5.41, 5.74) is 2.68. The first-order valence-electron chi connectivity index (χ1n) is 6.30. The summed E-state index contributed by atoms with van der Waals surface area (Å²) < 4.78 is 0. The largest absolute Gasteiger partial charge is 0.332 e. The molecule has 2 rings (SSSR count). The van der Waals surface area contributed by atoms with Gasteiger partial charge in [0.25, 0.3) is 5.91 Å². The van der Waals surface area contributed by atoms with Crippen LogP contribution in [-0.2, 0) is 16.1 Å². The highest BCUT2D eigenvalue weighted by molar-refractivity contribution is 5.97. The van der Waals surface area contributed by atoms with E-state index in [9.17, 15) is 9.59 Å². The van der Waals surface area contributed by atoms with Gasteiger partial charge in [-0.15, -0.1) is 0 Å². The van der Waals surface area contributed by atoms with E-state index in [-0.39, 0.29) is 18.0 Å². The van der Waals surface area contributed by atoms with E-state index in [0.717, 1.165) is 16.7 Å². The molecule has 1 heterocycles. The van der Waals surface area contributed by atoms with Crippen molar-refractivity contribution in [2.75, 3.05) is 0 Å². The van der Waals surface area contributed by atoms with Crippen LogP contribution in [0.2, 0.25) is 0 Å². The van der Waals surface area contributed by atoms with Crippen molar-refractivity contribution in [3.63, 3.8) is 0 Å². The lowest BCUT2D eigenvalue weighted by Gasteiger charge is -2.27. The Hall–Kier alpha value is -2.10. The zero-order valence-corrected chi connectivity index (χ0v) is 11.4. The summed E-state index contributed by atoms with van der Waals surface area (Å²) in [4.78, 5) is 25.2. The highest BCUT2D eigenvalue weighted by Crippen LogP contribution is 2.25. The molecular formula is C15H18N2O2. The molecule has 4 nitrogen and oxygen atoms in total. The summed E-state index contributed by atoms with van der Waals surface area (Å²) in [6, 6.07) is 9.77. The predicted octanol–water partition coefficient (Wildman–Crippen LogP) is 1.83. The Morgan fingerprint density at radius 2 is 1.89 bits per heavy atom. The SMILES string of the molecule is CC(=O)N[C@H]1C(C)=C(C)C(=O)N1Cc1ccccc1. The second kappa shape index (κ2) is 5.26. The average Bonchev–Trinajstić information content (AvgIpc) is 2.57. The Morgan fingerprint density at radius 1 is 1.26 bits per heavy atom. The molecule has 0 radical (unpaired) electrons. The summed E-state index contributed by atoms with van der Waals surface area (Å²) in [6.45, 7) is 5.65. The van der Waals surface area contributed by atoms with E-state index < -0.39 is 0 Å². The Morgan fingerprint density at radius 3 is 2.47 bits per heavy atom. The number of rotatable bonds is 3. The number of carbonyl (C=O) groups excluding carboxylic acids is 2. The molecular weight excluding hydrogens is 240 g/mol. The van der Waals surface area contributed by atoms with Gasteiger partial charge in [0, 0.05) is 19.0 Å². The lowest BCUT2D eigenvalue weighted by Crippen LogP contribution is -2.46. The number of nitrogens with zero attached hydrogens (tertiary/aromatic N) is 1. The van der Waals surface area contributed by atoms with Gasteiger partial charge in [0.05, 0.1) is 0 Å². The smallest absolute Gasteiger partial charge is 0.251 e. The molecule has 1 N–H and O–H groups in total. The number of hydrogen-bond donors (Lipinski definition) is 1. The van der Waals surface area contributed by atoms with E-state index >= 15 is 0 Å². The Kier molecular flexibility index (Phi) is 3.69. The van der Waals surface area contributed by atoms with Gasteiger partial charge in [0.15, 0.2) is 0 Å². The monoisotopic (exact) mass is 258 g/mol. The van der Waals surface area contributed by atoms with Crippen LogP contribution < -0.4 is 5.32 Å². The number of benzene rings is 1. The molecule has 0 saturated heterocycles. The molecule has 2 amide bonds. The van der Waals surface area contributed by atoms with Crippen molar-refractivity contribution >= 4 is 11.8 Å². The van der Waals surface area contributed by atoms with Gasteiger partial charge in [-0.2, -0.15) is 0 Å². The molecule has 19 heavy (non-hydrogen) atoms. The van der Waals surface area contributed by atoms with Crippen molar-refractivity contribution in [3.8, 4) is 0 Å². The van der Waals surface area contributed by atoms with E-state index in [0.29, 0.717) is 6.54 Å². The van der Waals surface area contributed by atoms with Gasteiger partial charge in [-0.25, -0.2) is 0 Å². The van der Waals surface area contributed by atoms with E-state index in [1.165, 1.54) is 6.92 Å². The van der Waals surface area contributed by atoms with Crippen LogP contribution in [-0.4, -0.2) is 22.9 Å². The first-order chi connectivity index (χ1) is 9.00. The van der Waals surface area contributed by atoms with Crippen molar-refractivity contribution in [1.82, 2.24) is 10.2 Å². The van der Waals surface area contributed by atoms with Crippen LogP contribution in [0.4, 0.5) is 0 Å². The number of carbonyl (C=O) groups is 2. The van der Waals surface area contributed by atoms with Gasteiger partial charge in [-0.05, 0) is 25.0 Å². The molecule has 1 aromatic carbocycles. The second-order valence-electron chi connectivity index (χ2n) is 4.83. The summed E-state index contributed by atoms with van der Waals surface area (Å²) in [5.74, 6) is -0.148. The lowest BCUT2D eigenvalue weighted by atomic mass is 10.1. The molecule has 0 aromatic heterocycles. The number of hydrogen-bond acceptors (Lipinski definition) is 2. The van der Waals surface area contributed by atoms with Gasteiger partial charge in [-0.1, -0.05) is 30.3 Å². The van der Waals surface area contributed by atoms with Crippen LogP contribution in [0.15, 0.2) is 41.5 Å². The standard InChI is InChI=1S/C15H18N2O2/c1-10-11(2)15(19)17(14(10)16-12(3)18)9-13-7-5-4-6-8-13/h4-8,14H,9H2,1-3H3,(H,16,18)/t14-/m1/s1. The maximum absolute atomic E-state index is 12.2. The Bertz CT molecular complexity index is 534. The van der Waals surface area contributed by atoms with Crippen molar-refractivity contribution in [2.45, 2.75) is 33.5 Å². The summed E-state index contributed by atoms with van der Waals surface area (Å²) >= 11 is 0. The van der Waals surface area contributed by atoms with E-state index in [1.54, 1.807) is 11.8 Å². The topological polar surface area (TPSA) is 49.4 Å². The zero-order valence-electron chi connectivity index (χ0n) is 11.4. The maximum Gasteiger partial charge on any atom is 0.251 e. The van der Waals surface area contributed by atoms with Crippen LogP contribution >= 0.6 is 0 Å². The first-order valence-corrected chi connectivity index (χ1v) is 6.30. The molecule has 0 unspecified atom stereocenters. The number of nitrogens with one attached hydrogen (secondary N) is 1. The minimum atomic E-state index is -0.329. The fourth-order valence-corrected chi connectivity index (χ4v) is 2.26. The van der Waals surface area contributed by atoms with Crippen LogP contribution in [0, 0.1) is 0 Å². The Balaban J connectivity index is 2.23. The zero-order chi connectivity index (χ0) is 14.0. The number of amides is 2. The van der Waals surface area contributed by atoms with Crippen molar-refractivity contribution in [1.29, 1.82) is 0 Å². The Labute approximate surface area is 113 Å². The first kappa shape index (κ1) is 13.3. The molecule has 0 fully saturated rings. The highest BCUT2D eigenvalue weighted by Gasteiger charge is 2.35. The second-order valence-corrected chi connectivity index (χ2v) is 4.83. The molecule has 0 saturated carbocycles. The molecule has 4 heteroatoms. The minimum Gasteiger partial charge on any atom is -0.332 e. The van der Waals surface area contributed by atoms with E-state index in [2.05, 4.69) is 5.32 Å². The van der Waals surface area contributed by atoms with Crippen molar-refractivity contribution in [3.05, 3.63) is 47.0 Å². The molecule has 1 aromatic rings. The van der Waals surface area contributed by atoms with Crippen LogP contribution in [0.25, 0.3) is 0 Å². The quantitative estimate of drug-likeness (QED) is 0.899. The third kappa shape index (κ3) is 2.67. The molecule has 0 spiro atoms.